The van der Waals surface area contributed by atoms with Crippen LogP contribution in [0.4, 0.5) is 0 Å². The summed E-state index contributed by atoms with van der Waals surface area (Å²) in [5, 5.41) is 5.47. The van der Waals surface area contributed by atoms with Crippen molar-refractivity contribution in [2.75, 3.05) is 0 Å². The third-order valence-corrected chi connectivity index (χ3v) is 12.1. The summed E-state index contributed by atoms with van der Waals surface area (Å²) in [5.74, 6) is 0.674. The van der Waals surface area contributed by atoms with E-state index >= 15 is 0 Å². The van der Waals surface area contributed by atoms with Crippen molar-refractivity contribution in [1.82, 2.24) is 15.0 Å². The molecule has 0 saturated carbocycles. The molecule has 0 amide bonds. The first-order valence-corrected chi connectivity index (χ1v) is 21.2. The van der Waals surface area contributed by atoms with E-state index < -0.39 is 0 Å². The summed E-state index contributed by atoms with van der Waals surface area (Å²) >= 11 is 0. The Morgan fingerprint density at radius 1 is 0.286 bits per heavy atom. The van der Waals surface area contributed by atoms with Crippen LogP contribution in [0.15, 0.2) is 229 Å². The monoisotopic (exact) mass is 803 g/mol. The SMILES string of the molecule is c1ccc(-c2cccc(-c3cc(-c4cccc(-c5ccccc5)c4)nc(-c4ccc(-c5ccc(-c6nc7ccccc7c7c6ccc6c8ccccc8oc67)cc5)cc4)n3)c2)cc1. The molecule has 0 radical (unpaired) electrons. The van der Waals surface area contributed by atoms with E-state index in [0.29, 0.717) is 5.82 Å². The van der Waals surface area contributed by atoms with Crippen LogP contribution in [0.3, 0.4) is 0 Å². The molecule has 0 N–H and O–H groups in total. The van der Waals surface area contributed by atoms with Crippen LogP contribution in [0.1, 0.15) is 0 Å². The van der Waals surface area contributed by atoms with E-state index in [1.165, 1.54) is 11.1 Å². The highest BCUT2D eigenvalue weighted by molar-refractivity contribution is 6.24. The number of nitrogens with zero attached hydrogens (tertiary/aromatic N) is 3. The molecule has 4 nitrogen and oxygen atoms in total. The van der Waals surface area contributed by atoms with Gasteiger partial charge in [-0.25, -0.2) is 15.0 Å². The molecule has 0 aliphatic rings. The molecule has 0 aliphatic carbocycles. The summed E-state index contributed by atoms with van der Waals surface area (Å²) in [6, 6.07) is 78.5. The predicted molar refractivity (Wildman–Crippen MR) is 260 cm³/mol. The van der Waals surface area contributed by atoms with E-state index in [9.17, 15) is 0 Å². The lowest BCUT2D eigenvalue weighted by atomic mass is 9.96. The lowest BCUT2D eigenvalue weighted by molar-refractivity contribution is 0.673. The summed E-state index contributed by atoms with van der Waals surface area (Å²) in [4.78, 5) is 15.7. The maximum atomic E-state index is 6.55. The van der Waals surface area contributed by atoms with Gasteiger partial charge < -0.3 is 4.42 Å². The van der Waals surface area contributed by atoms with Gasteiger partial charge in [-0.2, -0.15) is 0 Å². The van der Waals surface area contributed by atoms with E-state index in [1.54, 1.807) is 0 Å². The molecule has 12 aromatic rings. The van der Waals surface area contributed by atoms with E-state index in [-0.39, 0.29) is 0 Å². The van der Waals surface area contributed by atoms with E-state index in [4.69, 9.17) is 19.4 Å². The molecule has 0 unspecified atom stereocenters. The molecule has 0 bridgehead atoms. The van der Waals surface area contributed by atoms with Crippen molar-refractivity contribution in [2.24, 2.45) is 0 Å². The van der Waals surface area contributed by atoms with Crippen molar-refractivity contribution in [3.05, 3.63) is 224 Å². The first-order chi connectivity index (χ1) is 31.2. The summed E-state index contributed by atoms with van der Waals surface area (Å²) in [6.07, 6.45) is 0. The van der Waals surface area contributed by atoms with Gasteiger partial charge in [0, 0.05) is 49.2 Å². The number of hydrogen-bond donors (Lipinski definition) is 0. The fourth-order valence-corrected chi connectivity index (χ4v) is 8.92. The Morgan fingerprint density at radius 3 is 1.40 bits per heavy atom. The molecular formula is C59H37N3O. The number of aromatic nitrogens is 3. The van der Waals surface area contributed by atoms with Gasteiger partial charge in [-0.15, -0.1) is 0 Å². The molecule has 63 heavy (non-hydrogen) atoms. The Morgan fingerprint density at radius 2 is 0.762 bits per heavy atom. The Labute approximate surface area is 364 Å². The highest BCUT2D eigenvalue weighted by Crippen LogP contribution is 2.41. The first-order valence-electron chi connectivity index (χ1n) is 21.2. The van der Waals surface area contributed by atoms with Gasteiger partial charge in [0.25, 0.3) is 0 Å². The predicted octanol–water partition coefficient (Wildman–Crippen LogP) is 15.7. The van der Waals surface area contributed by atoms with Gasteiger partial charge in [0.1, 0.15) is 11.2 Å². The van der Waals surface area contributed by atoms with Gasteiger partial charge in [0.15, 0.2) is 5.82 Å². The van der Waals surface area contributed by atoms with Crippen molar-refractivity contribution in [2.45, 2.75) is 0 Å². The van der Waals surface area contributed by atoms with Crippen LogP contribution in [0.2, 0.25) is 0 Å². The van der Waals surface area contributed by atoms with Crippen LogP contribution in [0.25, 0.3) is 122 Å². The third-order valence-electron chi connectivity index (χ3n) is 12.1. The van der Waals surface area contributed by atoms with Crippen molar-refractivity contribution >= 4 is 43.6 Å². The number of fused-ring (bicyclic) bond motifs is 7. The highest BCUT2D eigenvalue weighted by Gasteiger charge is 2.18. The molecular weight excluding hydrogens is 767 g/mol. The van der Waals surface area contributed by atoms with Crippen LogP contribution in [0.5, 0.6) is 0 Å². The van der Waals surface area contributed by atoms with Gasteiger partial charge in [0.2, 0.25) is 0 Å². The van der Waals surface area contributed by atoms with Crippen molar-refractivity contribution in [1.29, 1.82) is 0 Å². The molecule has 0 fully saturated rings. The Hall–Kier alpha value is -8.47. The number of para-hydroxylation sites is 2. The molecule has 3 aromatic heterocycles. The molecule has 9 aromatic carbocycles. The quantitative estimate of drug-likeness (QED) is 0.151. The van der Waals surface area contributed by atoms with Crippen molar-refractivity contribution in [3.63, 3.8) is 0 Å². The second-order valence-electron chi connectivity index (χ2n) is 16.0. The minimum Gasteiger partial charge on any atom is -0.455 e. The normalized spacial score (nSPS) is 11.5. The van der Waals surface area contributed by atoms with Gasteiger partial charge >= 0.3 is 0 Å². The number of pyridine rings is 1. The number of benzene rings is 9. The molecule has 0 atom stereocenters. The van der Waals surface area contributed by atoms with E-state index in [2.05, 4.69) is 194 Å². The number of furan rings is 1. The average Bonchev–Trinajstić information content (AvgIpc) is 3.76. The molecule has 0 spiro atoms. The van der Waals surface area contributed by atoms with E-state index in [1.807, 2.05) is 30.3 Å². The van der Waals surface area contributed by atoms with Crippen LogP contribution in [-0.4, -0.2) is 15.0 Å². The van der Waals surface area contributed by atoms with Crippen LogP contribution >= 0.6 is 0 Å². The van der Waals surface area contributed by atoms with Crippen LogP contribution < -0.4 is 0 Å². The largest absolute Gasteiger partial charge is 0.455 e. The summed E-state index contributed by atoms with van der Waals surface area (Å²) in [6.45, 7) is 0. The van der Waals surface area contributed by atoms with E-state index in [0.717, 1.165) is 105 Å². The zero-order valence-electron chi connectivity index (χ0n) is 34.1. The topological polar surface area (TPSA) is 51.8 Å². The third kappa shape index (κ3) is 6.62. The van der Waals surface area contributed by atoms with Gasteiger partial charge in [0.05, 0.1) is 22.6 Å². The molecule has 0 saturated heterocycles. The molecule has 3 heterocycles. The van der Waals surface area contributed by atoms with Gasteiger partial charge in [-0.1, -0.05) is 188 Å². The van der Waals surface area contributed by atoms with Crippen LogP contribution in [-0.2, 0) is 0 Å². The van der Waals surface area contributed by atoms with Gasteiger partial charge in [-0.05, 0) is 69.8 Å². The maximum Gasteiger partial charge on any atom is 0.160 e. The molecule has 12 rings (SSSR count). The minimum atomic E-state index is 0.674. The minimum absolute atomic E-state index is 0.674. The fraction of sp³-hybridized carbons (Fsp3) is 0. The fourth-order valence-electron chi connectivity index (χ4n) is 8.92. The molecule has 0 aliphatic heterocycles. The first kappa shape index (κ1) is 36.4. The summed E-state index contributed by atoms with van der Waals surface area (Å²) < 4.78 is 6.55. The Bertz CT molecular complexity index is 3550. The standard InChI is InChI=1S/C59H37N3O/c1-3-13-38(14-4-1)44-17-11-19-46(35-44)53-37-54(47-20-12-18-45(36-47)39-15-5-2-6-16-39)62-59(61-53)43-31-27-41(28-32-43)40-25-29-42(30-26-40)57-51-34-33-49-48-21-8-10-24-55(48)63-58(49)56(51)50-22-7-9-23-52(50)60-57/h1-37H. The maximum absolute atomic E-state index is 6.55. The number of hydrogen-bond acceptors (Lipinski definition) is 4. The molecule has 294 valence electrons. The molecule has 4 heteroatoms. The Kier molecular flexibility index (Phi) is 8.79. The smallest absolute Gasteiger partial charge is 0.160 e. The zero-order chi connectivity index (χ0) is 41.7. The lowest BCUT2D eigenvalue weighted by Crippen LogP contribution is -1.96. The Balaban J connectivity index is 0.914. The summed E-state index contributed by atoms with van der Waals surface area (Å²) in [5.41, 5.74) is 16.3. The lowest BCUT2D eigenvalue weighted by Gasteiger charge is -2.12. The van der Waals surface area contributed by atoms with Crippen LogP contribution in [0, 0.1) is 0 Å². The second kappa shape index (κ2) is 15.2. The zero-order valence-corrected chi connectivity index (χ0v) is 34.1. The van der Waals surface area contributed by atoms with Crippen molar-refractivity contribution in [3.8, 4) is 78.5 Å². The summed E-state index contributed by atoms with van der Waals surface area (Å²) in [7, 11) is 0. The van der Waals surface area contributed by atoms with Crippen molar-refractivity contribution < 1.29 is 4.42 Å². The average molecular weight is 804 g/mol. The van der Waals surface area contributed by atoms with Gasteiger partial charge in [-0.3, -0.25) is 0 Å². The number of rotatable bonds is 7. The second-order valence-corrected chi connectivity index (χ2v) is 16.0. The highest BCUT2D eigenvalue weighted by atomic mass is 16.3.